The van der Waals surface area contributed by atoms with E-state index in [0.717, 1.165) is 31.6 Å². The van der Waals surface area contributed by atoms with E-state index in [4.69, 9.17) is 5.11 Å². The van der Waals surface area contributed by atoms with Crippen molar-refractivity contribution in [2.45, 2.75) is 26.7 Å². The summed E-state index contributed by atoms with van der Waals surface area (Å²) in [6, 6.07) is 1.57. The average Bonchev–Trinajstić information content (AvgIpc) is 2.29. The molecule has 0 saturated carbocycles. The summed E-state index contributed by atoms with van der Waals surface area (Å²) in [5.74, 6) is -0.882. The fourth-order valence-electron chi connectivity index (χ4n) is 2.17. The van der Waals surface area contributed by atoms with Crippen LogP contribution in [0.1, 0.15) is 37.0 Å². The van der Waals surface area contributed by atoms with Gasteiger partial charge in [-0.2, -0.15) is 0 Å². The van der Waals surface area contributed by atoms with Crippen LogP contribution in [-0.4, -0.2) is 29.1 Å². The summed E-state index contributed by atoms with van der Waals surface area (Å²) in [7, 11) is 0. The largest absolute Gasteiger partial charge is 0.478 e. The Balaban J connectivity index is 2.21. The molecule has 1 aliphatic heterocycles. The highest BCUT2D eigenvalue weighted by Crippen LogP contribution is 2.32. The Morgan fingerprint density at radius 3 is 2.65 bits per heavy atom. The van der Waals surface area contributed by atoms with Gasteiger partial charge in [0.15, 0.2) is 0 Å². The Labute approximate surface area is 101 Å². The lowest BCUT2D eigenvalue weighted by Gasteiger charge is -2.38. The second-order valence-electron chi connectivity index (χ2n) is 5.35. The van der Waals surface area contributed by atoms with E-state index in [1.54, 1.807) is 12.3 Å². The third kappa shape index (κ3) is 2.57. The molecule has 0 spiro atoms. The zero-order valence-electron chi connectivity index (χ0n) is 10.3. The van der Waals surface area contributed by atoms with E-state index in [1.807, 2.05) is 0 Å². The summed E-state index contributed by atoms with van der Waals surface area (Å²) < 4.78 is 0. The summed E-state index contributed by atoms with van der Waals surface area (Å²) in [6.07, 6.45) is 5.35. The lowest BCUT2D eigenvalue weighted by atomic mass is 9.82. The molecule has 0 radical (unpaired) electrons. The van der Waals surface area contributed by atoms with Crippen LogP contribution in [0, 0.1) is 5.41 Å². The first-order valence-electron chi connectivity index (χ1n) is 5.92. The van der Waals surface area contributed by atoms with Crippen molar-refractivity contribution in [2.24, 2.45) is 5.41 Å². The predicted octanol–water partition coefficient (Wildman–Crippen LogP) is 2.41. The fraction of sp³-hybridized carbons (Fsp3) is 0.538. The summed E-state index contributed by atoms with van der Waals surface area (Å²) >= 11 is 0. The molecule has 1 fully saturated rings. The van der Waals surface area contributed by atoms with Gasteiger partial charge in [0.05, 0.1) is 17.4 Å². The zero-order chi connectivity index (χ0) is 12.5. The van der Waals surface area contributed by atoms with Crippen LogP contribution in [0.15, 0.2) is 18.5 Å². The number of carboxylic acid groups (broad SMARTS) is 1. The van der Waals surface area contributed by atoms with Crippen LogP contribution >= 0.6 is 0 Å². The van der Waals surface area contributed by atoms with Crippen LogP contribution in [-0.2, 0) is 0 Å². The van der Waals surface area contributed by atoms with Crippen molar-refractivity contribution in [1.29, 1.82) is 0 Å². The lowest BCUT2D eigenvalue weighted by molar-refractivity contribution is 0.0697. The van der Waals surface area contributed by atoms with Crippen molar-refractivity contribution >= 4 is 11.7 Å². The quantitative estimate of drug-likeness (QED) is 0.853. The van der Waals surface area contributed by atoms with Gasteiger partial charge in [0, 0.05) is 19.3 Å². The monoisotopic (exact) mass is 234 g/mol. The van der Waals surface area contributed by atoms with Gasteiger partial charge in [-0.15, -0.1) is 0 Å². The van der Waals surface area contributed by atoms with Gasteiger partial charge < -0.3 is 10.0 Å². The molecule has 0 bridgehead atoms. The van der Waals surface area contributed by atoms with Gasteiger partial charge in [0.25, 0.3) is 0 Å². The van der Waals surface area contributed by atoms with Gasteiger partial charge in [0.1, 0.15) is 0 Å². The molecule has 4 nitrogen and oxygen atoms in total. The van der Waals surface area contributed by atoms with Crippen molar-refractivity contribution in [1.82, 2.24) is 4.98 Å². The maximum Gasteiger partial charge on any atom is 0.337 e. The molecule has 1 aromatic heterocycles. The van der Waals surface area contributed by atoms with Crippen LogP contribution in [0.3, 0.4) is 0 Å². The predicted molar refractivity (Wildman–Crippen MR) is 66.4 cm³/mol. The number of aromatic carboxylic acids is 1. The van der Waals surface area contributed by atoms with Crippen LogP contribution in [0.4, 0.5) is 5.69 Å². The van der Waals surface area contributed by atoms with E-state index in [1.165, 1.54) is 6.20 Å². The molecule has 1 N–H and O–H groups in total. The van der Waals surface area contributed by atoms with Crippen LogP contribution in [0.2, 0.25) is 0 Å². The standard InChI is InChI=1S/C13H18N2O2/c1-13(2)4-7-15(8-5-13)11-9-14-6-3-10(11)12(16)17/h3,6,9H,4-5,7-8H2,1-2H3,(H,16,17). The topological polar surface area (TPSA) is 53.4 Å². The number of piperidine rings is 1. The molecule has 2 heterocycles. The third-order valence-electron chi connectivity index (χ3n) is 3.49. The number of aromatic nitrogens is 1. The molecule has 1 aromatic rings. The molecule has 0 unspecified atom stereocenters. The van der Waals surface area contributed by atoms with Crippen LogP contribution in [0.25, 0.3) is 0 Å². The summed E-state index contributed by atoms with van der Waals surface area (Å²) in [5.41, 5.74) is 1.46. The molecule has 92 valence electrons. The molecule has 2 rings (SSSR count). The summed E-state index contributed by atoms with van der Waals surface area (Å²) in [6.45, 7) is 6.31. The number of rotatable bonds is 2. The first-order valence-corrected chi connectivity index (χ1v) is 5.92. The Bertz CT molecular complexity index is 419. The van der Waals surface area contributed by atoms with Crippen LogP contribution < -0.4 is 4.90 Å². The summed E-state index contributed by atoms with van der Waals surface area (Å²) in [5, 5.41) is 9.14. The molecule has 1 aliphatic rings. The number of hydrogen-bond acceptors (Lipinski definition) is 3. The van der Waals surface area contributed by atoms with E-state index in [9.17, 15) is 4.79 Å². The van der Waals surface area contributed by atoms with E-state index in [0.29, 0.717) is 11.0 Å². The van der Waals surface area contributed by atoms with E-state index in [2.05, 4.69) is 23.7 Å². The second kappa shape index (κ2) is 4.35. The van der Waals surface area contributed by atoms with Crippen molar-refractivity contribution < 1.29 is 9.90 Å². The van der Waals surface area contributed by atoms with Gasteiger partial charge >= 0.3 is 5.97 Å². The normalized spacial score (nSPS) is 19.1. The zero-order valence-corrected chi connectivity index (χ0v) is 10.3. The fourth-order valence-corrected chi connectivity index (χ4v) is 2.17. The smallest absolute Gasteiger partial charge is 0.337 e. The van der Waals surface area contributed by atoms with Crippen molar-refractivity contribution in [2.75, 3.05) is 18.0 Å². The van der Waals surface area contributed by atoms with Crippen molar-refractivity contribution in [3.63, 3.8) is 0 Å². The minimum absolute atomic E-state index is 0.347. The van der Waals surface area contributed by atoms with Gasteiger partial charge in [-0.25, -0.2) is 4.79 Å². The van der Waals surface area contributed by atoms with E-state index >= 15 is 0 Å². The SMILES string of the molecule is CC1(C)CCN(c2cnccc2C(=O)O)CC1. The Hall–Kier alpha value is -1.58. The molecule has 17 heavy (non-hydrogen) atoms. The Morgan fingerprint density at radius 2 is 2.06 bits per heavy atom. The number of carboxylic acids is 1. The highest BCUT2D eigenvalue weighted by molar-refractivity contribution is 5.94. The molecule has 0 aliphatic carbocycles. The van der Waals surface area contributed by atoms with Gasteiger partial charge in [-0.1, -0.05) is 13.8 Å². The van der Waals surface area contributed by atoms with Gasteiger partial charge in [-0.3, -0.25) is 4.98 Å². The molecule has 0 atom stereocenters. The minimum atomic E-state index is -0.882. The number of carbonyl (C=O) groups is 1. The molecular weight excluding hydrogens is 216 g/mol. The molecular formula is C13H18N2O2. The van der Waals surface area contributed by atoms with E-state index in [-0.39, 0.29) is 0 Å². The molecule has 0 amide bonds. The molecule has 1 saturated heterocycles. The number of pyridine rings is 1. The van der Waals surface area contributed by atoms with Crippen molar-refractivity contribution in [3.05, 3.63) is 24.0 Å². The Morgan fingerprint density at radius 1 is 1.41 bits per heavy atom. The maximum absolute atomic E-state index is 11.1. The number of anilines is 1. The maximum atomic E-state index is 11.1. The number of hydrogen-bond donors (Lipinski definition) is 1. The second-order valence-corrected chi connectivity index (χ2v) is 5.35. The molecule has 4 heteroatoms. The van der Waals surface area contributed by atoms with E-state index < -0.39 is 5.97 Å². The average molecular weight is 234 g/mol. The van der Waals surface area contributed by atoms with Gasteiger partial charge in [0.2, 0.25) is 0 Å². The first kappa shape index (κ1) is 11.9. The first-order chi connectivity index (χ1) is 7.99. The van der Waals surface area contributed by atoms with Crippen LogP contribution in [0.5, 0.6) is 0 Å². The third-order valence-corrected chi connectivity index (χ3v) is 3.49. The minimum Gasteiger partial charge on any atom is -0.478 e. The van der Waals surface area contributed by atoms with Gasteiger partial charge in [-0.05, 0) is 24.3 Å². The lowest BCUT2D eigenvalue weighted by Crippen LogP contribution is -2.38. The highest BCUT2D eigenvalue weighted by Gasteiger charge is 2.27. The van der Waals surface area contributed by atoms with Crippen molar-refractivity contribution in [3.8, 4) is 0 Å². The number of nitrogens with zero attached hydrogens (tertiary/aromatic N) is 2. The summed E-state index contributed by atoms with van der Waals surface area (Å²) in [4.78, 5) is 17.3. The molecule has 0 aromatic carbocycles. The Kier molecular flexibility index (Phi) is 3.05. The highest BCUT2D eigenvalue weighted by atomic mass is 16.4.